The highest BCUT2D eigenvalue weighted by atomic mass is 16.8. The minimum atomic E-state index is -1.56. The molecule has 0 spiro atoms. The van der Waals surface area contributed by atoms with E-state index in [0.29, 0.717) is 12.0 Å². The van der Waals surface area contributed by atoms with Crippen molar-refractivity contribution >= 4 is 24.2 Å². The van der Waals surface area contributed by atoms with Gasteiger partial charge in [-0.2, -0.15) is 0 Å². The maximum Gasteiger partial charge on any atom is 0.514 e. The smallest absolute Gasteiger partial charge is 0.468 e. The molecule has 11 heteroatoms. The van der Waals surface area contributed by atoms with Gasteiger partial charge in [-0.1, -0.05) is 40.7 Å². The second-order valence-corrected chi connectivity index (χ2v) is 10.2. The van der Waals surface area contributed by atoms with Crippen LogP contribution in [0.25, 0.3) is 0 Å². The Balaban J connectivity index is 3.23. The van der Waals surface area contributed by atoms with Crippen LogP contribution in [0.1, 0.15) is 73.3 Å². The molecule has 0 aliphatic rings. The summed E-state index contributed by atoms with van der Waals surface area (Å²) in [5.41, 5.74) is 5.29. The number of hydrogen-bond acceptors (Lipinski definition) is 11. The Hall–Kier alpha value is -3.34. The first-order chi connectivity index (χ1) is 18.2. The first-order valence-corrected chi connectivity index (χ1v) is 13.1. The number of nitrogens with two attached hydrogens (primary N) is 1. The number of carbonyl (C=O) groups is 4. The number of carbonyl (C=O) groups excluding carboxylic acids is 4. The number of benzene rings is 1. The summed E-state index contributed by atoms with van der Waals surface area (Å²) in [6, 6.07) is 4.35. The van der Waals surface area contributed by atoms with E-state index in [9.17, 15) is 19.2 Å². The van der Waals surface area contributed by atoms with Crippen molar-refractivity contribution < 1.29 is 47.6 Å². The molecule has 0 aliphatic carbocycles. The van der Waals surface area contributed by atoms with E-state index in [-0.39, 0.29) is 49.2 Å². The minimum Gasteiger partial charge on any atom is -0.468 e. The fraction of sp³-hybridized carbons (Fsp3) is 0.643. The highest BCUT2D eigenvalue weighted by Crippen LogP contribution is 2.32. The van der Waals surface area contributed by atoms with Gasteiger partial charge in [0.2, 0.25) is 0 Å². The molecule has 11 nitrogen and oxygen atoms in total. The minimum absolute atomic E-state index is 0.0169. The van der Waals surface area contributed by atoms with Gasteiger partial charge in [0.1, 0.15) is 17.7 Å². The summed E-state index contributed by atoms with van der Waals surface area (Å²) in [5.74, 6) is -1.24. The van der Waals surface area contributed by atoms with Crippen LogP contribution in [-0.2, 0) is 35.0 Å². The third kappa shape index (κ3) is 11.5. The van der Waals surface area contributed by atoms with Crippen molar-refractivity contribution in [2.75, 3.05) is 13.7 Å². The van der Waals surface area contributed by atoms with Gasteiger partial charge in [0, 0.05) is 19.3 Å². The highest BCUT2D eigenvalue weighted by Gasteiger charge is 2.36. The number of rotatable bonds is 14. The molecule has 0 saturated heterocycles. The molecule has 0 fully saturated rings. The van der Waals surface area contributed by atoms with E-state index >= 15 is 0 Å². The first-order valence-electron chi connectivity index (χ1n) is 13.1. The topological polar surface area (TPSA) is 150 Å². The molecule has 1 rings (SSSR count). The van der Waals surface area contributed by atoms with E-state index in [1.807, 2.05) is 34.6 Å². The normalized spacial score (nSPS) is 14.1. The van der Waals surface area contributed by atoms with Crippen LogP contribution in [0.15, 0.2) is 18.2 Å². The van der Waals surface area contributed by atoms with Crippen LogP contribution in [0.4, 0.5) is 9.59 Å². The molecule has 0 saturated carbocycles. The molecule has 0 bridgehead atoms. The Kier molecular flexibility index (Phi) is 13.8. The van der Waals surface area contributed by atoms with Gasteiger partial charge >= 0.3 is 24.2 Å². The molecule has 39 heavy (non-hydrogen) atoms. The molecule has 0 heterocycles. The molecule has 1 unspecified atom stereocenters. The molecular weight excluding hydrogens is 510 g/mol. The van der Waals surface area contributed by atoms with E-state index < -0.39 is 42.0 Å². The van der Waals surface area contributed by atoms with Gasteiger partial charge in [0.15, 0.2) is 11.5 Å². The van der Waals surface area contributed by atoms with E-state index in [4.69, 9.17) is 34.2 Å². The summed E-state index contributed by atoms with van der Waals surface area (Å²) in [6.07, 6.45) is -2.03. The van der Waals surface area contributed by atoms with Crippen LogP contribution in [-0.4, -0.2) is 55.7 Å². The maximum atomic E-state index is 12.6. The van der Waals surface area contributed by atoms with E-state index in [2.05, 4.69) is 0 Å². The fourth-order valence-electron chi connectivity index (χ4n) is 3.08. The van der Waals surface area contributed by atoms with Crippen LogP contribution in [0.3, 0.4) is 0 Å². The molecule has 1 aromatic carbocycles. The lowest BCUT2D eigenvalue weighted by Crippen LogP contribution is -2.51. The van der Waals surface area contributed by atoms with Crippen molar-refractivity contribution in [1.29, 1.82) is 0 Å². The molecule has 0 aliphatic heterocycles. The molecule has 3 atom stereocenters. The third-order valence-electron chi connectivity index (χ3n) is 6.21. The van der Waals surface area contributed by atoms with Gasteiger partial charge < -0.3 is 34.2 Å². The number of methoxy groups -OCH3 is 1. The average Bonchev–Trinajstić information content (AvgIpc) is 2.84. The third-order valence-corrected chi connectivity index (χ3v) is 6.21. The average molecular weight is 554 g/mol. The molecule has 0 amide bonds. The Labute approximate surface area is 230 Å². The molecular formula is C28H43NO10. The fourth-order valence-corrected chi connectivity index (χ4v) is 3.08. The lowest BCUT2D eigenvalue weighted by atomic mass is 9.88. The van der Waals surface area contributed by atoms with Gasteiger partial charge in [-0.3, -0.25) is 9.59 Å². The van der Waals surface area contributed by atoms with Crippen LogP contribution in [0, 0.1) is 11.8 Å². The van der Waals surface area contributed by atoms with Gasteiger partial charge in [0.05, 0.1) is 13.7 Å². The zero-order valence-corrected chi connectivity index (χ0v) is 24.2. The van der Waals surface area contributed by atoms with Crippen molar-refractivity contribution in [1.82, 2.24) is 0 Å². The SMILES string of the molecule is CCCC(=O)OCC[C@@](N)(Cc1ccc(OC(=O)O[C@@H](C)C(C)C)c(OC(=O)OC(C)C(C)C)c1)C(=O)OC. The predicted octanol–water partition coefficient (Wildman–Crippen LogP) is 4.95. The Morgan fingerprint density at radius 2 is 1.41 bits per heavy atom. The highest BCUT2D eigenvalue weighted by molar-refractivity contribution is 5.81. The van der Waals surface area contributed by atoms with Crippen LogP contribution >= 0.6 is 0 Å². The van der Waals surface area contributed by atoms with Crippen molar-refractivity contribution in [3.05, 3.63) is 23.8 Å². The summed E-state index contributed by atoms with van der Waals surface area (Å²) >= 11 is 0. The molecule has 1 aromatic rings. The van der Waals surface area contributed by atoms with Gasteiger partial charge in [0.25, 0.3) is 0 Å². The van der Waals surface area contributed by atoms with Crippen LogP contribution < -0.4 is 15.2 Å². The lowest BCUT2D eigenvalue weighted by molar-refractivity contribution is -0.151. The second kappa shape index (κ2) is 15.9. The zero-order valence-electron chi connectivity index (χ0n) is 24.2. The van der Waals surface area contributed by atoms with Crippen molar-refractivity contribution in [3.63, 3.8) is 0 Å². The summed E-state index contributed by atoms with van der Waals surface area (Å²) in [5, 5.41) is 0. The van der Waals surface area contributed by atoms with Crippen molar-refractivity contribution in [3.8, 4) is 11.5 Å². The summed E-state index contributed by atoms with van der Waals surface area (Å²) in [7, 11) is 1.20. The molecule has 2 N–H and O–H groups in total. The maximum absolute atomic E-state index is 12.6. The summed E-state index contributed by atoms with van der Waals surface area (Å²) in [6.45, 7) is 12.7. The van der Waals surface area contributed by atoms with E-state index in [1.54, 1.807) is 19.9 Å². The monoisotopic (exact) mass is 553 g/mol. The van der Waals surface area contributed by atoms with Gasteiger partial charge in [-0.15, -0.1) is 0 Å². The van der Waals surface area contributed by atoms with Crippen molar-refractivity contribution in [2.45, 2.75) is 91.9 Å². The quantitative estimate of drug-likeness (QED) is 0.189. The van der Waals surface area contributed by atoms with E-state index in [0.717, 1.165) is 0 Å². The number of ether oxygens (including phenoxy) is 6. The summed E-state index contributed by atoms with van der Waals surface area (Å²) < 4.78 is 31.3. The molecule has 0 radical (unpaired) electrons. The van der Waals surface area contributed by atoms with Crippen LogP contribution in [0.2, 0.25) is 0 Å². The Bertz CT molecular complexity index is 977. The molecule has 0 aromatic heterocycles. The number of hydrogen-bond donors (Lipinski definition) is 1. The lowest BCUT2D eigenvalue weighted by Gasteiger charge is -2.27. The summed E-state index contributed by atoms with van der Waals surface area (Å²) in [4.78, 5) is 49.1. The zero-order chi connectivity index (χ0) is 29.8. The largest absolute Gasteiger partial charge is 0.514 e. The standard InChI is InChI=1S/C28H43NO10/c1-9-10-24(30)35-14-13-28(29,25(31)34-8)16-21-11-12-22(38-26(32)36-19(6)17(2)3)23(15-21)39-27(33)37-20(7)18(4)5/h11-12,15,17-20H,9-10,13-14,16,29H2,1-8H3/t19-,20?,28+/m0/s1. The van der Waals surface area contributed by atoms with Gasteiger partial charge in [-0.25, -0.2) is 9.59 Å². The van der Waals surface area contributed by atoms with Crippen LogP contribution in [0.5, 0.6) is 11.5 Å². The molecule has 220 valence electrons. The Morgan fingerprint density at radius 1 is 0.872 bits per heavy atom. The number of esters is 2. The second-order valence-electron chi connectivity index (χ2n) is 10.2. The van der Waals surface area contributed by atoms with Gasteiger partial charge in [-0.05, 0) is 49.8 Å². The van der Waals surface area contributed by atoms with Crippen molar-refractivity contribution in [2.24, 2.45) is 17.6 Å². The predicted molar refractivity (Wildman–Crippen MR) is 142 cm³/mol. The first kappa shape index (κ1) is 33.7. The Morgan fingerprint density at radius 3 is 1.90 bits per heavy atom. The van der Waals surface area contributed by atoms with E-state index in [1.165, 1.54) is 19.2 Å².